The van der Waals surface area contributed by atoms with Crippen molar-refractivity contribution >= 4 is 5.91 Å². The molecule has 1 aromatic heterocycles. The van der Waals surface area contributed by atoms with E-state index in [0.717, 1.165) is 31.5 Å². The lowest BCUT2D eigenvalue weighted by Gasteiger charge is -2.25. The SMILES string of the molecule is NCC(Cc1ccncc1)C(=O)N1CCCCCC1. The molecule has 2 heterocycles. The smallest absolute Gasteiger partial charge is 0.227 e. The molecule has 1 aliphatic heterocycles. The standard InChI is InChI=1S/C15H23N3O/c16-12-14(11-13-5-7-17-8-6-13)15(19)18-9-3-1-2-4-10-18/h5-8,14H,1-4,9-12,16H2. The molecule has 0 spiro atoms. The maximum absolute atomic E-state index is 12.5. The normalized spacial score (nSPS) is 17.8. The fourth-order valence-electron chi connectivity index (χ4n) is 2.62. The van der Waals surface area contributed by atoms with Gasteiger partial charge in [-0.1, -0.05) is 12.8 Å². The minimum atomic E-state index is -0.0968. The van der Waals surface area contributed by atoms with Gasteiger partial charge in [0.05, 0.1) is 5.92 Å². The van der Waals surface area contributed by atoms with Crippen molar-refractivity contribution in [1.82, 2.24) is 9.88 Å². The highest BCUT2D eigenvalue weighted by atomic mass is 16.2. The molecule has 19 heavy (non-hydrogen) atoms. The summed E-state index contributed by atoms with van der Waals surface area (Å²) >= 11 is 0. The molecule has 2 rings (SSSR count). The number of likely N-dealkylation sites (tertiary alicyclic amines) is 1. The van der Waals surface area contributed by atoms with Crippen molar-refractivity contribution in [3.63, 3.8) is 0 Å². The summed E-state index contributed by atoms with van der Waals surface area (Å²) in [6, 6.07) is 3.91. The van der Waals surface area contributed by atoms with Crippen LogP contribution in [0.2, 0.25) is 0 Å². The van der Waals surface area contributed by atoms with Crippen LogP contribution in [0.1, 0.15) is 31.2 Å². The van der Waals surface area contributed by atoms with E-state index in [1.807, 2.05) is 17.0 Å². The summed E-state index contributed by atoms with van der Waals surface area (Å²) in [5.41, 5.74) is 6.94. The van der Waals surface area contributed by atoms with Crippen LogP contribution in [0.5, 0.6) is 0 Å². The number of carbonyl (C=O) groups excluding carboxylic acids is 1. The molecule has 1 fully saturated rings. The number of pyridine rings is 1. The number of amides is 1. The van der Waals surface area contributed by atoms with Gasteiger partial charge in [0, 0.05) is 32.0 Å². The van der Waals surface area contributed by atoms with E-state index in [-0.39, 0.29) is 11.8 Å². The van der Waals surface area contributed by atoms with Gasteiger partial charge in [0.25, 0.3) is 0 Å². The second-order valence-corrected chi connectivity index (χ2v) is 5.23. The first-order chi connectivity index (χ1) is 9.31. The maximum Gasteiger partial charge on any atom is 0.227 e. The highest BCUT2D eigenvalue weighted by Crippen LogP contribution is 2.15. The fraction of sp³-hybridized carbons (Fsp3) is 0.600. The van der Waals surface area contributed by atoms with Gasteiger partial charge in [-0.15, -0.1) is 0 Å². The minimum Gasteiger partial charge on any atom is -0.342 e. The molecule has 1 saturated heterocycles. The minimum absolute atomic E-state index is 0.0968. The van der Waals surface area contributed by atoms with E-state index >= 15 is 0 Å². The Morgan fingerprint density at radius 1 is 1.21 bits per heavy atom. The number of hydrogen-bond acceptors (Lipinski definition) is 3. The Kier molecular flexibility index (Phi) is 5.33. The molecule has 104 valence electrons. The average molecular weight is 261 g/mol. The van der Waals surface area contributed by atoms with Gasteiger partial charge in [-0.3, -0.25) is 9.78 Å². The van der Waals surface area contributed by atoms with Crippen molar-refractivity contribution in [3.05, 3.63) is 30.1 Å². The zero-order valence-corrected chi connectivity index (χ0v) is 11.4. The highest BCUT2D eigenvalue weighted by Gasteiger charge is 2.23. The van der Waals surface area contributed by atoms with Crippen LogP contribution in [-0.2, 0) is 11.2 Å². The number of aromatic nitrogens is 1. The summed E-state index contributed by atoms with van der Waals surface area (Å²) in [6.07, 6.45) is 8.96. The zero-order valence-electron chi connectivity index (χ0n) is 11.4. The fourth-order valence-corrected chi connectivity index (χ4v) is 2.62. The predicted molar refractivity (Wildman–Crippen MR) is 75.5 cm³/mol. The van der Waals surface area contributed by atoms with Crippen molar-refractivity contribution in [2.75, 3.05) is 19.6 Å². The van der Waals surface area contributed by atoms with Gasteiger partial charge in [-0.25, -0.2) is 0 Å². The summed E-state index contributed by atoms with van der Waals surface area (Å²) in [6.45, 7) is 2.20. The van der Waals surface area contributed by atoms with Crippen LogP contribution < -0.4 is 5.73 Å². The predicted octanol–water partition coefficient (Wildman–Crippen LogP) is 1.60. The van der Waals surface area contributed by atoms with Gasteiger partial charge in [-0.2, -0.15) is 0 Å². The van der Waals surface area contributed by atoms with Crippen molar-refractivity contribution in [2.45, 2.75) is 32.1 Å². The Morgan fingerprint density at radius 3 is 2.42 bits per heavy atom. The summed E-state index contributed by atoms with van der Waals surface area (Å²) in [5.74, 6) is 0.127. The molecular weight excluding hydrogens is 238 g/mol. The van der Waals surface area contributed by atoms with Gasteiger partial charge in [0.15, 0.2) is 0 Å². The molecule has 1 aliphatic rings. The molecule has 0 bridgehead atoms. The van der Waals surface area contributed by atoms with Crippen LogP contribution in [0, 0.1) is 5.92 Å². The van der Waals surface area contributed by atoms with Crippen molar-refractivity contribution < 1.29 is 4.79 Å². The number of nitrogens with two attached hydrogens (primary N) is 1. The van der Waals surface area contributed by atoms with E-state index in [9.17, 15) is 4.79 Å². The monoisotopic (exact) mass is 261 g/mol. The Bertz CT molecular complexity index is 386. The van der Waals surface area contributed by atoms with Crippen molar-refractivity contribution in [2.24, 2.45) is 11.7 Å². The summed E-state index contributed by atoms with van der Waals surface area (Å²) in [7, 11) is 0. The second-order valence-electron chi connectivity index (χ2n) is 5.23. The average Bonchev–Trinajstić information content (AvgIpc) is 2.74. The van der Waals surface area contributed by atoms with E-state index in [1.54, 1.807) is 12.4 Å². The lowest BCUT2D eigenvalue weighted by atomic mass is 9.98. The van der Waals surface area contributed by atoms with Crippen LogP contribution in [-0.4, -0.2) is 35.4 Å². The lowest BCUT2D eigenvalue weighted by Crippen LogP contribution is -2.40. The van der Waals surface area contributed by atoms with Crippen LogP contribution in [0.4, 0.5) is 0 Å². The first-order valence-electron chi connectivity index (χ1n) is 7.19. The molecule has 0 radical (unpaired) electrons. The molecule has 4 nitrogen and oxygen atoms in total. The molecule has 4 heteroatoms. The van der Waals surface area contributed by atoms with E-state index in [1.165, 1.54) is 12.8 Å². The second kappa shape index (κ2) is 7.24. The van der Waals surface area contributed by atoms with Crippen molar-refractivity contribution in [1.29, 1.82) is 0 Å². The Morgan fingerprint density at radius 2 is 1.84 bits per heavy atom. The van der Waals surface area contributed by atoms with Crippen LogP contribution in [0.3, 0.4) is 0 Å². The largest absolute Gasteiger partial charge is 0.342 e. The van der Waals surface area contributed by atoms with Crippen molar-refractivity contribution in [3.8, 4) is 0 Å². The highest BCUT2D eigenvalue weighted by molar-refractivity contribution is 5.79. The third kappa shape index (κ3) is 4.03. The van der Waals surface area contributed by atoms with Crippen LogP contribution in [0.15, 0.2) is 24.5 Å². The van der Waals surface area contributed by atoms with Gasteiger partial charge >= 0.3 is 0 Å². The van der Waals surface area contributed by atoms with Crippen LogP contribution >= 0.6 is 0 Å². The summed E-state index contributed by atoms with van der Waals surface area (Å²) in [4.78, 5) is 18.5. The summed E-state index contributed by atoms with van der Waals surface area (Å²) in [5, 5.41) is 0. The molecule has 0 saturated carbocycles. The lowest BCUT2D eigenvalue weighted by molar-refractivity contribution is -0.135. The first kappa shape index (κ1) is 14.0. The number of hydrogen-bond donors (Lipinski definition) is 1. The zero-order chi connectivity index (χ0) is 13.5. The van der Waals surface area contributed by atoms with Gasteiger partial charge in [-0.05, 0) is 37.0 Å². The molecule has 0 aromatic carbocycles. The maximum atomic E-state index is 12.5. The Hall–Kier alpha value is -1.42. The van der Waals surface area contributed by atoms with Gasteiger partial charge in [0.2, 0.25) is 5.91 Å². The molecule has 1 aromatic rings. The van der Waals surface area contributed by atoms with E-state index in [0.29, 0.717) is 13.0 Å². The molecule has 2 N–H and O–H groups in total. The van der Waals surface area contributed by atoms with Gasteiger partial charge in [0.1, 0.15) is 0 Å². The van der Waals surface area contributed by atoms with Crippen LogP contribution in [0.25, 0.3) is 0 Å². The number of rotatable bonds is 4. The quantitative estimate of drug-likeness (QED) is 0.895. The van der Waals surface area contributed by atoms with Gasteiger partial charge < -0.3 is 10.6 Å². The molecule has 1 atom stereocenters. The topological polar surface area (TPSA) is 59.2 Å². The molecule has 1 amide bonds. The molecular formula is C15H23N3O. The summed E-state index contributed by atoms with van der Waals surface area (Å²) < 4.78 is 0. The van der Waals surface area contributed by atoms with E-state index in [4.69, 9.17) is 5.73 Å². The third-order valence-corrected chi connectivity index (χ3v) is 3.78. The Labute approximate surface area is 115 Å². The first-order valence-corrected chi connectivity index (χ1v) is 7.19. The third-order valence-electron chi connectivity index (χ3n) is 3.78. The Balaban J connectivity index is 1.98. The molecule has 1 unspecified atom stereocenters. The van der Waals surface area contributed by atoms with E-state index < -0.39 is 0 Å². The van der Waals surface area contributed by atoms with E-state index in [2.05, 4.69) is 4.98 Å². The number of nitrogens with zero attached hydrogens (tertiary/aromatic N) is 2. The molecule has 0 aliphatic carbocycles. The number of carbonyl (C=O) groups is 1.